The molecule has 0 saturated carbocycles. The van der Waals surface area contributed by atoms with Crippen molar-refractivity contribution in [1.82, 2.24) is 0 Å². The number of rotatable bonds is 3. The van der Waals surface area contributed by atoms with Gasteiger partial charge in [0, 0.05) is 5.88 Å². The Bertz CT molecular complexity index is 161. The summed E-state index contributed by atoms with van der Waals surface area (Å²) in [6.07, 6.45) is 0. The van der Waals surface area contributed by atoms with Crippen LogP contribution in [0.3, 0.4) is 0 Å². The van der Waals surface area contributed by atoms with Crippen LogP contribution >= 0.6 is 23.2 Å². The predicted molar refractivity (Wildman–Crippen MR) is 39.8 cm³/mol. The monoisotopic (exact) mass is 190 g/mol. The summed E-state index contributed by atoms with van der Waals surface area (Å²) in [7, 11) is -3.11. The summed E-state index contributed by atoms with van der Waals surface area (Å²) in [5.74, 6) is 0.0681. The van der Waals surface area contributed by atoms with Crippen LogP contribution in [0.25, 0.3) is 0 Å². The Labute approximate surface area is 65.1 Å². The van der Waals surface area contributed by atoms with E-state index < -0.39 is 14.5 Å². The molecule has 0 heterocycles. The maximum Gasteiger partial charge on any atom is 0.167 e. The second kappa shape index (κ2) is 3.64. The SMILES string of the molecule is CC(Cl)S(=O)(=O)CCCl. The van der Waals surface area contributed by atoms with Gasteiger partial charge in [0.1, 0.15) is 4.71 Å². The van der Waals surface area contributed by atoms with Gasteiger partial charge in [-0.3, -0.25) is 0 Å². The molecule has 1 unspecified atom stereocenters. The van der Waals surface area contributed by atoms with E-state index in [1.807, 2.05) is 0 Å². The van der Waals surface area contributed by atoms with Gasteiger partial charge in [-0.25, -0.2) is 8.42 Å². The van der Waals surface area contributed by atoms with E-state index in [2.05, 4.69) is 0 Å². The van der Waals surface area contributed by atoms with Crippen molar-refractivity contribution >= 4 is 33.0 Å². The van der Waals surface area contributed by atoms with Crippen molar-refractivity contribution in [2.45, 2.75) is 11.6 Å². The molecule has 0 amide bonds. The van der Waals surface area contributed by atoms with Gasteiger partial charge in [0.2, 0.25) is 0 Å². The zero-order chi connectivity index (χ0) is 7.49. The highest BCUT2D eigenvalue weighted by Crippen LogP contribution is 2.05. The first-order valence-electron chi connectivity index (χ1n) is 2.42. The lowest BCUT2D eigenvalue weighted by atomic mass is 10.9. The van der Waals surface area contributed by atoms with Crippen LogP contribution in [0, 0.1) is 0 Å². The predicted octanol–water partition coefficient (Wildman–Crippen LogP) is 1.22. The topological polar surface area (TPSA) is 34.1 Å². The number of sulfone groups is 1. The summed E-state index contributed by atoms with van der Waals surface area (Å²) in [5, 5.41) is 0. The molecular weight excluding hydrogens is 183 g/mol. The normalized spacial score (nSPS) is 15.4. The van der Waals surface area contributed by atoms with E-state index in [-0.39, 0.29) is 11.6 Å². The van der Waals surface area contributed by atoms with Gasteiger partial charge in [0.25, 0.3) is 0 Å². The highest BCUT2D eigenvalue weighted by molar-refractivity contribution is 7.93. The van der Waals surface area contributed by atoms with Crippen LogP contribution in [0.15, 0.2) is 0 Å². The molecule has 0 spiro atoms. The molecule has 0 N–H and O–H groups in total. The summed E-state index contributed by atoms with van der Waals surface area (Å²) in [6.45, 7) is 1.42. The molecule has 1 atom stereocenters. The van der Waals surface area contributed by atoms with Gasteiger partial charge < -0.3 is 0 Å². The highest BCUT2D eigenvalue weighted by Gasteiger charge is 2.16. The third-order valence-electron chi connectivity index (χ3n) is 0.857. The van der Waals surface area contributed by atoms with Crippen molar-refractivity contribution in [1.29, 1.82) is 0 Å². The van der Waals surface area contributed by atoms with Crippen molar-refractivity contribution in [2.24, 2.45) is 0 Å². The van der Waals surface area contributed by atoms with E-state index in [4.69, 9.17) is 23.2 Å². The first-order chi connectivity index (χ1) is 4.00. The fourth-order valence-corrected chi connectivity index (χ4v) is 1.72. The van der Waals surface area contributed by atoms with Crippen LogP contribution < -0.4 is 0 Å². The number of halogens is 2. The Hall–Kier alpha value is 0.530. The second-order valence-corrected chi connectivity index (χ2v) is 5.33. The summed E-state index contributed by atoms with van der Waals surface area (Å²) in [4.78, 5) is 0. The molecule has 0 aliphatic carbocycles. The lowest BCUT2D eigenvalue weighted by molar-refractivity contribution is 0.596. The Morgan fingerprint density at radius 2 is 2.00 bits per heavy atom. The van der Waals surface area contributed by atoms with Gasteiger partial charge >= 0.3 is 0 Å². The summed E-state index contributed by atoms with van der Waals surface area (Å²) >= 11 is 10.5. The quantitative estimate of drug-likeness (QED) is 0.628. The third-order valence-corrected chi connectivity index (χ3v) is 3.85. The smallest absolute Gasteiger partial charge is 0.167 e. The molecule has 0 bridgehead atoms. The Balaban J connectivity index is 4.05. The second-order valence-electron chi connectivity index (χ2n) is 1.60. The first kappa shape index (κ1) is 9.53. The van der Waals surface area contributed by atoms with Crippen molar-refractivity contribution in [2.75, 3.05) is 11.6 Å². The van der Waals surface area contributed by atoms with Crippen LogP contribution in [0.2, 0.25) is 0 Å². The van der Waals surface area contributed by atoms with Gasteiger partial charge in [-0.2, -0.15) is 0 Å². The van der Waals surface area contributed by atoms with Gasteiger partial charge in [-0.1, -0.05) is 0 Å². The molecular formula is C4H8Cl2O2S. The van der Waals surface area contributed by atoms with Gasteiger partial charge in [0.05, 0.1) is 5.75 Å². The van der Waals surface area contributed by atoms with Crippen LogP contribution in [-0.4, -0.2) is 24.8 Å². The molecule has 0 rings (SSSR count). The average molecular weight is 191 g/mol. The molecule has 0 radical (unpaired) electrons. The van der Waals surface area contributed by atoms with E-state index in [1.54, 1.807) is 0 Å². The largest absolute Gasteiger partial charge is 0.227 e. The van der Waals surface area contributed by atoms with E-state index >= 15 is 0 Å². The van der Waals surface area contributed by atoms with Gasteiger partial charge in [0.15, 0.2) is 9.84 Å². The van der Waals surface area contributed by atoms with E-state index in [0.717, 1.165) is 0 Å². The first-order valence-corrected chi connectivity index (χ1v) is 5.11. The minimum Gasteiger partial charge on any atom is -0.227 e. The number of alkyl halides is 2. The molecule has 2 nitrogen and oxygen atoms in total. The minimum atomic E-state index is -3.11. The standard InChI is InChI=1S/C4H8Cl2O2S/c1-4(6)9(7,8)3-2-5/h4H,2-3H2,1H3. The summed E-state index contributed by atoms with van der Waals surface area (Å²) in [5.41, 5.74) is 0. The maximum absolute atomic E-state index is 10.7. The molecule has 56 valence electrons. The van der Waals surface area contributed by atoms with Crippen molar-refractivity contribution in [3.8, 4) is 0 Å². The molecule has 9 heavy (non-hydrogen) atoms. The molecule has 5 heteroatoms. The summed E-state index contributed by atoms with van der Waals surface area (Å²) in [6, 6.07) is 0. The zero-order valence-corrected chi connectivity index (χ0v) is 7.30. The molecule has 0 aliphatic rings. The van der Waals surface area contributed by atoms with Crippen molar-refractivity contribution in [3.05, 3.63) is 0 Å². The Morgan fingerprint density at radius 1 is 1.56 bits per heavy atom. The Kier molecular flexibility index (Phi) is 3.85. The molecule has 0 saturated heterocycles. The van der Waals surface area contributed by atoms with Crippen LogP contribution in [-0.2, 0) is 9.84 Å². The average Bonchev–Trinajstić information content (AvgIpc) is 1.65. The molecule has 0 aliphatic heterocycles. The third kappa shape index (κ3) is 3.28. The van der Waals surface area contributed by atoms with Crippen molar-refractivity contribution < 1.29 is 8.42 Å². The van der Waals surface area contributed by atoms with E-state index in [0.29, 0.717) is 0 Å². The van der Waals surface area contributed by atoms with Gasteiger partial charge in [-0.05, 0) is 6.92 Å². The molecule has 0 aromatic rings. The maximum atomic E-state index is 10.7. The molecule has 0 aromatic carbocycles. The summed E-state index contributed by atoms with van der Waals surface area (Å²) < 4.78 is 20.6. The number of hydrogen-bond donors (Lipinski definition) is 0. The van der Waals surface area contributed by atoms with Crippen molar-refractivity contribution in [3.63, 3.8) is 0 Å². The zero-order valence-electron chi connectivity index (χ0n) is 4.97. The fourth-order valence-electron chi connectivity index (χ4n) is 0.270. The van der Waals surface area contributed by atoms with Crippen LogP contribution in [0.1, 0.15) is 6.92 Å². The highest BCUT2D eigenvalue weighted by atomic mass is 35.5. The lowest BCUT2D eigenvalue weighted by Gasteiger charge is -2.01. The van der Waals surface area contributed by atoms with E-state index in [1.165, 1.54) is 6.92 Å². The Morgan fingerprint density at radius 3 is 2.11 bits per heavy atom. The number of hydrogen-bond acceptors (Lipinski definition) is 2. The van der Waals surface area contributed by atoms with Crippen LogP contribution in [0.4, 0.5) is 0 Å². The van der Waals surface area contributed by atoms with Crippen LogP contribution in [0.5, 0.6) is 0 Å². The molecule has 0 aromatic heterocycles. The van der Waals surface area contributed by atoms with E-state index in [9.17, 15) is 8.42 Å². The lowest BCUT2D eigenvalue weighted by Crippen LogP contribution is -2.16. The van der Waals surface area contributed by atoms with Gasteiger partial charge in [-0.15, -0.1) is 23.2 Å². The minimum absolute atomic E-state index is 0.0424. The molecule has 0 fully saturated rings. The fraction of sp³-hybridized carbons (Fsp3) is 1.00.